The molecule has 0 bridgehead atoms. The number of sulfonamides is 1. The van der Waals surface area contributed by atoms with Crippen LogP contribution >= 0.6 is 34.8 Å². The summed E-state index contributed by atoms with van der Waals surface area (Å²) in [6, 6.07) is 7.97. The van der Waals surface area contributed by atoms with Crippen LogP contribution in [0.2, 0.25) is 15.1 Å². The normalized spacial score (nSPS) is 12.8. The van der Waals surface area contributed by atoms with Crippen molar-refractivity contribution in [2.24, 2.45) is 5.16 Å². The molecule has 5 nitrogen and oxygen atoms in total. The number of benzene rings is 2. The van der Waals surface area contributed by atoms with Crippen molar-refractivity contribution >= 4 is 56.2 Å². The first-order valence-corrected chi connectivity index (χ1v) is 10.1. The Morgan fingerprint density at radius 3 is 2.36 bits per heavy atom. The molecule has 0 saturated carbocycles. The first-order chi connectivity index (χ1) is 12.9. The predicted molar refractivity (Wildman–Crippen MR) is 104 cm³/mol. The van der Waals surface area contributed by atoms with Gasteiger partial charge >= 0.3 is 15.5 Å². The second kappa shape index (κ2) is 8.77. The summed E-state index contributed by atoms with van der Waals surface area (Å²) in [6.45, 7) is 1.65. The number of alkyl halides is 3. The fraction of sp³-hybridized carbons (Fsp3) is 0.188. The Labute approximate surface area is 174 Å². The second-order valence-electron chi connectivity index (χ2n) is 5.30. The van der Waals surface area contributed by atoms with Crippen LogP contribution in [0.3, 0.4) is 0 Å². The molecule has 0 aliphatic heterocycles. The van der Waals surface area contributed by atoms with Gasteiger partial charge in [-0.3, -0.25) is 4.72 Å². The summed E-state index contributed by atoms with van der Waals surface area (Å²) in [7, 11) is -5.63. The lowest BCUT2D eigenvalue weighted by Gasteiger charge is -2.15. The number of anilines is 1. The number of hydrogen-bond acceptors (Lipinski definition) is 4. The number of halogens is 6. The zero-order valence-electron chi connectivity index (χ0n) is 14.0. The van der Waals surface area contributed by atoms with Crippen LogP contribution in [0, 0.1) is 0 Å². The first kappa shape index (κ1) is 22.6. The number of oxime groups is 1. The van der Waals surface area contributed by atoms with Gasteiger partial charge in [-0.1, -0.05) is 46.9 Å². The fourth-order valence-electron chi connectivity index (χ4n) is 1.99. The summed E-state index contributed by atoms with van der Waals surface area (Å²) in [4.78, 5) is 5.24. The summed E-state index contributed by atoms with van der Waals surface area (Å²) in [5.74, 6) is 0.222. The van der Waals surface area contributed by atoms with Crippen LogP contribution in [0.15, 0.2) is 41.6 Å². The molecular weight excluding hydrogens is 464 g/mol. The van der Waals surface area contributed by atoms with E-state index in [1.807, 2.05) is 0 Å². The minimum absolute atomic E-state index is 0.0304. The summed E-state index contributed by atoms with van der Waals surface area (Å²) < 4.78 is 62.5. The van der Waals surface area contributed by atoms with Gasteiger partial charge in [0, 0.05) is 16.7 Å². The van der Waals surface area contributed by atoms with Crippen LogP contribution in [0.4, 0.5) is 18.9 Å². The highest BCUT2D eigenvalue weighted by molar-refractivity contribution is 7.93. The van der Waals surface area contributed by atoms with Gasteiger partial charge in [-0.2, -0.15) is 21.6 Å². The van der Waals surface area contributed by atoms with E-state index in [1.54, 1.807) is 6.92 Å². The molecule has 0 atom stereocenters. The van der Waals surface area contributed by atoms with Gasteiger partial charge in [0.05, 0.1) is 21.4 Å². The highest BCUT2D eigenvalue weighted by Crippen LogP contribution is 2.30. The maximum Gasteiger partial charge on any atom is 0.516 e. The zero-order chi connectivity index (χ0) is 21.1. The Kier molecular flexibility index (Phi) is 7.08. The van der Waals surface area contributed by atoms with Crippen LogP contribution in [0.25, 0.3) is 0 Å². The average molecular weight is 476 g/mol. The van der Waals surface area contributed by atoms with E-state index in [2.05, 4.69) is 5.16 Å². The fourth-order valence-corrected chi connectivity index (χ4v) is 3.04. The minimum atomic E-state index is -5.63. The standard InChI is InChI=1S/C16H12Cl3F3N2O3S/c1-2-14(23-27-10-4-5-12(18)13(19)8-10)11-7-9(17)3-6-15(11)24-28(25,26)16(20,21)22/h3-8,24H,2H2,1H3/b23-14+. The molecule has 2 rings (SSSR count). The SMILES string of the molecule is CC/C(=N\Oc1ccc(Cl)c(Cl)c1)c1cc(Cl)ccc1NS(=O)(=O)C(F)(F)F. The largest absolute Gasteiger partial charge is 0.516 e. The number of nitrogens with zero attached hydrogens (tertiary/aromatic N) is 1. The molecule has 12 heteroatoms. The molecule has 0 fully saturated rings. The zero-order valence-corrected chi connectivity index (χ0v) is 17.1. The van der Waals surface area contributed by atoms with E-state index in [0.29, 0.717) is 5.02 Å². The molecule has 0 heterocycles. The number of hydrogen-bond donors (Lipinski definition) is 1. The topological polar surface area (TPSA) is 67.8 Å². The molecule has 0 aromatic heterocycles. The van der Waals surface area contributed by atoms with Crippen LogP contribution in [-0.4, -0.2) is 19.6 Å². The molecule has 0 amide bonds. The smallest absolute Gasteiger partial charge is 0.357 e. The molecule has 152 valence electrons. The third-order valence-electron chi connectivity index (χ3n) is 3.33. The molecule has 2 aromatic carbocycles. The van der Waals surface area contributed by atoms with Crippen molar-refractivity contribution in [3.63, 3.8) is 0 Å². The van der Waals surface area contributed by atoms with Gasteiger partial charge in [-0.05, 0) is 36.8 Å². The van der Waals surface area contributed by atoms with Gasteiger partial charge < -0.3 is 4.84 Å². The van der Waals surface area contributed by atoms with Crippen molar-refractivity contribution in [2.75, 3.05) is 4.72 Å². The molecule has 0 radical (unpaired) electrons. The van der Waals surface area contributed by atoms with E-state index in [0.717, 1.165) is 6.07 Å². The van der Waals surface area contributed by atoms with Crippen molar-refractivity contribution in [1.82, 2.24) is 0 Å². The van der Waals surface area contributed by atoms with Gasteiger partial charge in [-0.25, -0.2) is 0 Å². The monoisotopic (exact) mass is 474 g/mol. The van der Waals surface area contributed by atoms with E-state index in [4.69, 9.17) is 39.6 Å². The Bertz CT molecular complexity index is 1010. The van der Waals surface area contributed by atoms with Gasteiger partial charge in [0.25, 0.3) is 0 Å². The molecule has 0 saturated heterocycles. The number of rotatable bonds is 6. The van der Waals surface area contributed by atoms with E-state index in [9.17, 15) is 21.6 Å². The Morgan fingerprint density at radius 2 is 1.79 bits per heavy atom. The predicted octanol–water partition coefficient (Wildman–Crippen LogP) is 6.10. The Morgan fingerprint density at radius 1 is 1.11 bits per heavy atom. The summed E-state index contributed by atoms with van der Waals surface area (Å²) in [6.07, 6.45) is 0.197. The average Bonchev–Trinajstić information content (AvgIpc) is 2.59. The summed E-state index contributed by atoms with van der Waals surface area (Å²) in [5, 5.41) is 4.57. The third kappa shape index (κ3) is 5.44. The molecule has 0 unspecified atom stereocenters. The van der Waals surface area contributed by atoms with Crippen molar-refractivity contribution in [3.05, 3.63) is 57.0 Å². The van der Waals surface area contributed by atoms with Crippen LogP contribution in [0.1, 0.15) is 18.9 Å². The minimum Gasteiger partial charge on any atom is -0.357 e. The maximum absolute atomic E-state index is 12.7. The first-order valence-electron chi connectivity index (χ1n) is 7.52. The van der Waals surface area contributed by atoms with Gasteiger partial charge in [0.15, 0.2) is 5.75 Å². The van der Waals surface area contributed by atoms with E-state index in [1.165, 1.54) is 35.1 Å². The van der Waals surface area contributed by atoms with Crippen molar-refractivity contribution in [1.29, 1.82) is 0 Å². The highest BCUT2D eigenvalue weighted by Gasteiger charge is 2.46. The van der Waals surface area contributed by atoms with Crippen LogP contribution < -0.4 is 9.56 Å². The molecule has 2 aromatic rings. The van der Waals surface area contributed by atoms with E-state index in [-0.39, 0.29) is 39.2 Å². The Hall–Kier alpha value is -1.68. The summed E-state index contributed by atoms with van der Waals surface area (Å²) in [5.41, 5.74) is -5.65. The molecule has 0 aliphatic rings. The second-order valence-corrected chi connectivity index (χ2v) is 8.22. The number of nitrogens with one attached hydrogen (secondary N) is 1. The van der Waals surface area contributed by atoms with Gasteiger partial charge in [0.1, 0.15) is 0 Å². The maximum atomic E-state index is 12.7. The quantitative estimate of drug-likeness (QED) is 0.405. The lowest BCUT2D eigenvalue weighted by Crippen LogP contribution is -2.30. The van der Waals surface area contributed by atoms with Crippen molar-refractivity contribution in [2.45, 2.75) is 18.9 Å². The van der Waals surface area contributed by atoms with Crippen LogP contribution in [0.5, 0.6) is 5.75 Å². The molecular formula is C16H12Cl3F3N2O3S. The highest BCUT2D eigenvalue weighted by atomic mass is 35.5. The Balaban J connectivity index is 2.42. The van der Waals surface area contributed by atoms with Crippen molar-refractivity contribution in [3.8, 4) is 5.75 Å². The van der Waals surface area contributed by atoms with Crippen LogP contribution in [-0.2, 0) is 10.0 Å². The molecule has 0 aliphatic carbocycles. The van der Waals surface area contributed by atoms with Gasteiger partial charge in [-0.15, -0.1) is 0 Å². The lowest BCUT2D eigenvalue weighted by atomic mass is 10.1. The van der Waals surface area contributed by atoms with E-state index >= 15 is 0 Å². The van der Waals surface area contributed by atoms with Gasteiger partial charge in [0.2, 0.25) is 0 Å². The van der Waals surface area contributed by atoms with Crippen molar-refractivity contribution < 1.29 is 26.4 Å². The molecule has 0 spiro atoms. The summed E-state index contributed by atoms with van der Waals surface area (Å²) >= 11 is 17.6. The van der Waals surface area contributed by atoms with E-state index < -0.39 is 15.5 Å². The third-order valence-corrected chi connectivity index (χ3v) is 5.40. The molecule has 1 N–H and O–H groups in total. The lowest BCUT2D eigenvalue weighted by molar-refractivity contribution is -0.0429. The molecule has 28 heavy (non-hydrogen) atoms.